The quantitative estimate of drug-likeness (QED) is 0.438. The zero-order chi connectivity index (χ0) is 29.4. The normalized spacial score (nSPS) is 31.1. The molecule has 2 saturated heterocycles. The molecule has 222 valence electrons. The van der Waals surface area contributed by atoms with Crippen molar-refractivity contribution in [3.63, 3.8) is 0 Å². The van der Waals surface area contributed by atoms with Gasteiger partial charge in [-0.25, -0.2) is 0 Å². The molecule has 4 aliphatic rings. The van der Waals surface area contributed by atoms with Crippen LogP contribution in [0.3, 0.4) is 0 Å². The molecule has 0 aromatic heterocycles. The Morgan fingerprint density at radius 3 is 2.43 bits per heavy atom. The van der Waals surface area contributed by atoms with E-state index in [1.165, 1.54) is 0 Å². The highest BCUT2D eigenvalue weighted by molar-refractivity contribution is 6.02. The fourth-order valence-electron chi connectivity index (χ4n) is 7.18. The second kappa shape index (κ2) is 11.4. The van der Waals surface area contributed by atoms with E-state index in [-0.39, 0.29) is 30.3 Å². The summed E-state index contributed by atoms with van der Waals surface area (Å²) in [6, 6.07) is 13.7. The number of nitrogens with one attached hydrogen (secondary N) is 2. The summed E-state index contributed by atoms with van der Waals surface area (Å²) in [5.74, 6) is -0.586. The molecule has 9 heteroatoms. The van der Waals surface area contributed by atoms with Crippen molar-refractivity contribution in [2.24, 2.45) is 17.8 Å². The van der Waals surface area contributed by atoms with E-state index in [1.54, 1.807) is 36.3 Å². The summed E-state index contributed by atoms with van der Waals surface area (Å²) in [7, 11) is 1.60. The molecule has 0 radical (unpaired) electrons. The zero-order valence-electron chi connectivity index (χ0n) is 24.4. The summed E-state index contributed by atoms with van der Waals surface area (Å²) < 4.78 is 17.3. The molecule has 3 aliphatic heterocycles. The van der Waals surface area contributed by atoms with Crippen LogP contribution < -0.4 is 20.1 Å². The minimum atomic E-state index is -1.21. The van der Waals surface area contributed by atoms with Gasteiger partial charge in [0, 0.05) is 18.3 Å². The molecule has 42 heavy (non-hydrogen) atoms. The van der Waals surface area contributed by atoms with Gasteiger partial charge in [0.15, 0.2) is 0 Å². The van der Waals surface area contributed by atoms with Crippen LogP contribution in [0.1, 0.15) is 45.1 Å². The third-order valence-corrected chi connectivity index (χ3v) is 9.31. The van der Waals surface area contributed by atoms with Gasteiger partial charge in [0.25, 0.3) is 0 Å². The van der Waals surface area contributed by atoms with E-state index < -0.39 is 29.6 Å². The number of hydrogen-bond donors (Lipinski definition) is 2. The van der Waals surface area contributed by atoms with E-state index in [1.807, 2.05) is 43.3 Å². The minimum absolute atomic E-state index is 0.0426. The second-order valence-electron chi connectivity index (χ2n) is 11.8. The Bertz CT molecular complexity index is 1360. The predicted molar refractivity (Wildman–Crippen MR) is 157 cm³/mol. The maximum Gasteiger partial charge on any atom is 0.246 e. The number of methoxy groups -OCH3 is 1. The van der Waals surface area contributed by atoms with Crippen molar-refractivity contribution in [3.8, 4) is 11.5 Å². The van der Waals surface area contributed by atoms with Crippen molar-refractivity contribution >= 4 is 23.4 Å². The highest BCUT2D eigenvalue weighted by Gasteiger charge is 2.72. The lowest BCUT2D eigenvalue weighted by molar-refractivity contribution is -0.142. The summed E-state index contributed by atoms with van der Waals surface area (Å²) in [6.45, 7) is 4.84. The number of likely N-dealkylation sites (tertiary alicyclic amines) is 1. The standard InChI is InChI=1S/C33H39N3O6/c1-4-41-24-15-11-22(12-16-24)34-30(37)27-26-17-18-33(42-26)28(27)32(39)36(19-21-9-13-23(40-3)14-10-21)29(33)31(38)35-25-8-6-5-7-20(25)2/h9-18,20,25-29H,4-8,19H2,1-3H3,(H,34,37)(H,35,38)/t20-,25+,26-,27+,28-,29-,33-/m0/s1. The van der Waals surface area contributed by atoms with E-state index in [2.05, 4.69) is 17.6 Å². The van der Waals surface area contributed by atoms with Gasteiger partial charge in [0.05, 0.1) is 31.7 Å². The number of carbonyl (C=O) groups excluding carboxylic acids is 3. The van der Waals surface area contributed by atoms with Crippen molar-refractivity contribution in [2.75, 3.05) is 19.0 Å². The van der Waals surface area contributed by atoms with E-state index in [0.29, 0.717) is 29.7 Å². The first-order valence-electron chi connectivity index (χ1n) is 15.0. The molecule has 6 rings (SSSR count). The predicted octanol–water partition coefficient (Wildman–Crippen LogP) is 4.08. The summed E-state index contributed by atoms with van der Waals surface area (Å²) in [6.07, 6.45) is 7.29. The molecule has 2 aromatic carbocycles. The summed E-state index contributed by atoms with van der Waals surface area (Å²) in [5.41, 5.74) is 0.250. The molecule has 3 heterocycles. The largest absolute Gasteiger partial charge is 0.497 e. The fourth-order valence-corrected chi connectivity index (χ4v) is 7.18. The Hall–Kier alpha value is -3.85. The first-order valence-corrected chi connectivity index (χ1v) is 15.0. The number of amides is 3. The van der Waals surface area contributed by atoms with Gasteiger partial charge in [-0.3, -0.25) is 14.4 Å². The number of benzene rings is 2. The molecule has 1 saturated carbocycles. The summed E-state index contributed by atoms with van der Waals surface area (Å²) in [4.78, 5) is 43.7. The third kappa shape index (κ3) is 4.93. The molecule has 2 aromatic rings. The zero-order valence-corrected chi connectivity index (χ0v) is 24.4. The molecule has 1 spiro atoms. The fraction of sp³-hybridized carbons (Fsp3) is 0.485. The van der Waals surface area contributed by atoms with E-state index in [4.69, 9.17) is 14.2 Å². The molecule has 2 bridgehead atoms. The van der Waals surface area contributed by atoms with Crippen molar-refractivity contribution < 1.29 is 28.6 Å². The maximum atomic E-state index is 14.3. The van der Waals surface area contributed by atoms with Crippen LogP contribution in [0.25, 0.3) is 0 Å². The van der Waals surface area contributed by atoms with Gasteiger partial charge in [-0.2, -0.15) is 0 Å². The number of rotatable bonds is 9. The first kappa shape index (κ1) is 28.3. The average Bonchev–Trinajstić information content (AvgIpc) is 3.63. The molecule has 3 fully saturated rings. The topological polar surface area (TPSA) is 106 Å². The summed E-state index contributed by atoms with van der Waals surface area (Å²) in [5, 5.41) is 6.24. The van der Waals surface area contributed by atoms with Crippen LogP contribution in [0.15, 0.2) is 60.7 Å². The van der Waals surface area contributed by atoms with Crippen LogP contribution in [0.2, 0.25) is 0 Å². The number of carbonyl (C=O) groups is 3. The second-order valence-corrected chi connectivity index (χ2v) is 11.8. The van der Waals surface area contributed by atoms with Crippen molar-refractivity contribution in [1.82, 2.24) is 10.2 Å². The minimum Gasteiger partial charge on any atom is -0.497 e. The third-order valence-electron chi connectivity index (χ3n) is 9.31. The molecule has 1 aliphatic carbocycles. The highest BCUT2D eigenvalue weighted by Crippen LogP contribution is 2.55. The molecule has 7 atom stereocenters. The van der Waals surface area contributed by atoms with Crippen LogP contribution in [0.4, 0.5) is 5.69 Å². The van der Waals surface area contributed by atoms with Gasteiger partial charge in [0.2, 0.25) is 17.7 Å². The Balaban J connectivity index is 1.29. The molecule has 9 nitrogen and oxygen atoms in total. The molecule has 3 amide bonds. The number of fused-ring (bicyclic) bond motifs is 1. The smallest absolute Gasteiger partial charge is 0.246 e. The first-order chi connectivity index (χ1) is 20.3. The Morgan fingerprint density at radius 2 is 1.74 bits per heavy atom. The Kier molecular flexibility index (Phi) is 7.70. The summed E-state index contributed by atoms with van der Waals surface area (Å²) >= 11 is 0. The number of ether oxygens (including phenoxy) is 3. The number of hydrogen-bond acceptors (Lipinski definition) is 6. The lowest BCUT2D eigenvalue weighted by Crippen LogP contribution is -2.57. The van der Waals surface area contributed by atoms with E-state index in [0.717, 1.165) is 31.2 Å². The van der Waals surface area contributed by atoms with Crippen LogP contribution in [0, 0.1) is 17.8 Å². The highest BCUT2D eigenvalue weighted by atomic mass is 16.5. The molecular weight excluding hydrogens is 534 g/mol. The van der Waals surface area contributed by atoms with Crippen molar-refractivity contribution in [1.29, 1.82) is 0 Å². The molecular formula is C33H39N3O6. The van der Waals surface area contributed by atoms with Crippen LogP contribution in [0.5, 0.6) is 11.5 Å². The van der Waals surface area contributed by atoms with Gasteiger partial charge in [-0.1, -0.05) is 44.1 Å². The van der Waals surface area contributed by atoms with Gasteiger partial charge in [-0.05, 0) is 67.6 Å². The lowest BCUT2D eigenvalue weighted by atomic mass is 9.74. The monoisotopic (exact) mass is 573 g/mol. The van der Waals surface area contributed by atoms with Crippen LogP contribution >= 0.6 is 0 Å². The molecule has 0 unspecified atom stereocenters. The van der Waals surface area contributed by atoms with Gasteiger partial charge >= 0.3 is 0 Å². The molecule has 2 N–H and O–H groups in total. The van der Waals surface area contributed by atoms with E-state index >= 15 is 0 Å². The average molecular weight is 574 g/mol. The number of nitrogens with zero attached hydrogens (tertiary/aromatic N) is 1. The SMILES string of the molecule is CCOc1ccc(NC(=O)[C@@H]2[C@@H]3C=C[C@]4(O3)[C@@H]2C(=O)N(Cc2ccc(OC)cc2)[C@H]4C(=O)N[C@@H]2CCCC[C@@H]2C)cc1. The van der Waals surface area contributed by atoms with Crippen LogP contribution in [-0.2, 0) is 25.7 Å². The Labute approximate surface area is 246 Å². The van der Waals surface area contributed by atoms with Crippen LogP contribution in [-0.4, -0.2) is 60.1 Å². The lowest BCUT2D eigenvalue weighted by Gasteiger charge is -2.36. The maximum absolute atomic E-state index is 14.3. The number of anilines is 1. The van der Waals surface area contributed by atoms with Gasteiger partial charge < -0.3 is 29.7 Å². The van der Waals surface area contributed by atoms with Crippen molar-refractivity contribution in [2.45, 2.75) is 69.9 Å². The van der Waals surface area contributed by atoms with Gasteiger partial charge in [-0.15, -0.1) is 0 Å². The van der Waals surface area contributed by atoms with E-state index in [9.17, 15) is 14.4 Å². The van der Waals surface area contributed by atoms with Gasteiger partial charge in [0.1, 0.15) is 23.1 Å². The van der Waals surface area contributed by atoms with Crippen molar-refractivity contribution in [3.05, 3.63) is 66.2 Å². The Morgan fingerprint density at radius 1 is 1.02 bits per heavy atom.